The van der Waals surface area contributed by atoms with Gasteiger partial charge in [-0.05, 0) is 36.1 Å². The Bertz CT molecular complexity index is 974. The van der Waals surface area contributed by atoms with E-state index in [0.29, 0.717) is 12.6 Å². The lowest BCUT2D eigenvalue weighted by Crippen LogP contribution is -2.19. The molecule has 0 atom stereocenters. The molecular formula is C23H27N3O2S. The van der Waals surface area contributed by atoms with E-state index in [1.54, 1.807) is 11.8 Å². The molecule has 0 spiro atoms. The molecule has 0 saturated heterocycles. The molecule has 0 N–H and O–H groups in total. The Morgan fingerprint density at radius 1 is 1.10 bits per heavy atom. The molecule has 0 amide bonds. The minimum atomic E-state index is -0.234. The third-order valence-electron chi connectivity index (χ3n) is 5.52. The van der Waals surface area contributed by atoms with Crippen molar-refractivity contribution in [3.05, 3.63) is 53.9 Å². The summed E-state index contributed by atoms with van der Waals surface area (Å²) in [5, 5.41) is 12.3. The molecule has 1 aromatic heterocycles. The van der Waals surface area contributed by atoms with Gasteiger partial charge in [-0.15, -0.1) is 10.2 Å². The Morgan fingerprint density at radius 2 is 1.90 bits per heavy atom. The molecule has 29 heavy (non-hydrogen) atoms. The number of esters is 1. The zero-order valence-electron chi connectivity index (χ0n) is 16.8. The van der Waals surface area contributed by atoms with Crippen LogP contribution in [0.5, 0.6) is 0 Å². The van der Waals surface area contributed by atoms with Gasteiger partial charge in [-0.25, -0.2) is 0 Å². The topological polar surface area (TPSA) is 57.0 Å². The van der Waals surface area contributed by atoms with E-state index in [-0.39, 0.29) is 12.4 Å². The van der Waals surface area contributed by atoms with E-state index in [2.05, 4.69) is 57.2 Å². The lowest BCUT2D eigenvalue weighted by atomic mass is 9.95. The lowest BCUT2D eigenvalue weighted by molar-refractivity contribution is -0.142. The van der Waals surface area contributed by atoms with Gasteiger partial charge in [0, 0.05) is 11.8 Å². The molecule has 1 saturated carbocycles. The molecule has 1 aliphatic carbocycles. The molecule has 152 valence electrons. The highest BCUT2D eigenvalue weighted by Crippen LogP contribution is 2.34. The fraction of sp³-hybridized carbons (Fsp3) is 0.435. The zero-order chi connectivity index (χ0) is 20.1. The predicted octanol–water partition coefficient (Wildman–Crippen LogP) is 5.33. The van der Waals surface area contributed by atoms with E-state index < -0.39 is 0 Å². The Kier molecular flexibility index (Phi) is 6.49. The van der Waals surface area contributed by atoms with Crippen molar-refractivity contribution in [2.24, 2.45) is 0 Å². The highest BCUT2D eigenvalue weighted by atomic mass is 32.2. The van der Waals surface area contributed by atoms with Gasteiger partial charge in [-0.2, -0.15) is 0 Å². The maximum absolute atomic E-state index is 12.1. The molecule has 0 aliphatic heterocycles. The van der Waals surface area contributed by atoms with Crippen LogP contribution in [-0.4, -0.2) is 27.3 Å². The van der Waals surface area contributed by atoms with E-state index >= 15 is 0 Å². The second-order valence-corrected chi connectivity index (χ2v) is 8.41. The van der Waals surface area contributed by atoms with Gasteiger partial charge in [-0.1, -0.05) is 73.5 Å². The molecule has 2 aromatic carbocycles. The largest absolute Gasteiger partial charge is 0.466 e. The first-order valence-electron chi connectivity index (χ1n) is 10.4. The monoisotopic (exact) mass is 409 g/mol. The zero-order valence-corrected chi connectivity index (χ0v) is 17.7. The van der Waals surface area contributed by atoms with Crippen LogP contribution in [0, 0.1) is 0 Å². The quantitative estimate of drug-likeness (QED) is 0.390. The van der Waals surface area contributed by atoms with Crippen LogP contribution < -0.4 is 0 Å². The highest BCUT2D eigenvalue weighted by molar-refractivity contribution is 7.98. The third kappa shape index (κ3) is 4.64. The number of carbonyl (C=O) groups excluding carboxylic acids is 1. The first-order chi connectivity index (χ1) is 14.3. The summed E-state index contributed by atoms with van der Waals surface area (Å²) in [6.45, 7) is 2.22. The van der Waals surface area contributed by atoms with Crippen LogP contribution in [0.1, 0.15) is 56.5 Å². The standard InChI is InChI=1S/C23H27N3O2S/c1-2-28-22(27)15-21-24-25-23(26(21)19-12-4-3-5-13-19)29-16-18-11-8-10-17-9-6-7-14-20(17)18/h6-11,14,19H,2-5,12-13,15-16H2,1H3. The lowest BCUT2D eigenvalue weighted by Gasteiger charge is -2.25. The van der Waals surface area contributed by atoms with Gasteiger partial charge in [0.2, 0.25) is 0 Å². The molecule has 4 rings (SSSR count). The molecule has 0 unspecified atom stereocenters. The molecule has 1 aliphatic rings. The number of rotatable bonds is 7. The molecule has 0 bridgehead atoms. The summed E-state index contributed by atoms with van der Waals surface area (Å²) in [5.74, 6) is 1.32. The number of ether oxygens (including phenoxy) is 1. The van der Waals surface area contributed by atoms with Gasteiger partial charge in [0.05, 0.1) is 6.61 Å². The summed E-state index contributed by atoms with van der Waals surface area (Å²) in [6, 6.07) is 15.3. The number of nitrogens with zero attached hydrogens (tertiary/aromatic N) is 3. The molecular weight excluding hydrogens is 382 g/mol. The van der Waals surface area contributed by atoms with Crippen molar-refractivity contribution in [3.8, 4) is 0 Å². The van der Waals surface area contributed by atoms with Crippen LogP contribution in [0.25, 0.3) is 10.8 Å². The van der Waals surface area contributed by atoms with E-state index in [1.807, 2.05) is 6.92 Å². The predicted molar refractivity (Wildman–Crippen MR) is 116 cm³/mol. The third-order valence-corrected chi connectivity index (χ3v) is 6.51. The van der Waals surface area contributed by atoms with Crippen molar-refractivity contribution in [2.75, 3.05) is 6.61 Å². The van der Waals surface area contributed by atoms with Gasteiger partial charge in [0.15, 0.2) is 5.16 Å². The summed E-state index contributed by atoms with van der Waals surface area (Å²) in [4.78, 5) is 12.1. The van der Waals surface area contributed by atoms with E-state index in [9.17, 15) is 4.79 Å². The van der Waals surface area contributed by atoms with Gasteiger partial charge in [0.25, 0.3) is 0 Å². The molecule has 5 nitrogen and oxygen atoms in total. The SMILES string of the molecule is CCOC(=O)Cc1nnc(SCc2cccc3ccccc23)n1C1CCCCC1. The summed E-state index contributed by atoms with van der Waals surface area (Å²) >= 11 is 1.71. The summed E-state index contributed by atoms with van der Waals surface area (Å²) < 4.78 is 7.36. The molecule has 3 aromatic rings. The summed E-state index contributed by atoms with van der Waals surface area (Å²) in [6.07, 6.45) is 6.14. The van der Waals surface area contributed by atoms with Crippen LogP contribution in [0.15, 0.2) is 47.6 Å². The first-order valence-corrected chi connectivity index (χ1v) is 11.4. The number of benzene rings is 2. The number of hydrogen-bond donors (Lipinski definition) is 0. The number of aromatic nitrogens is 3. The van der Waals surface area contributed by atoms with Crippen LogP contribution >= 0.6 is 11.8 Å². The van der Waals surface area contributed by atoms with Crippen molar-refractivity contribution in [2.45, 2.75) is 62.4 Å². The normalized spacial score (nSPS) is 14.9. The second-order valence-electron chi connectivity index (χ2n) is 7.47. The van der Waals surface area contributed by atoms with Gasteiger partial charge in [-0.3, -0.25) is 4.79 Å². The highest BCUT2D eigenvalue weighted by Gasteiger charge is 2.24. The maximum Gasteiger partial charge on any atom is 0.313 e. The average Bonchev–Trinajstić information content (AvgIpc) is 3.15. The minimum absolute atomic E-state index is 0.187. The smallest absolute Gasteiger partial charge is 0.313 e. The minimum Gasteiger partial charge on any atom is -0.466 e. The van der Waals surface area contributed by atoms with Crippen LogP contribution in [-0.2, 0) is 21.7 Å². The molecule has 1 heterocycles. The number of hydrogen-bond acceptors (Lipinski definition) is 5. The Morgan fingerprint density at radius 3 is 2.72 bits per heavy atom. The fourth-order valence-electron chi connectivity index (χ4n) is 4.13. The average molecular weight is 410 g/mol. The Balaban J connectivity index is 1.58. The number of thioether (sulfide) groups is 1. The van der Waals surface area contributed by atoms with E-state index in [0.717, 1.165) is 29.6 Å². The van der Waals surface area contributed by atoms with Crippen molar-refractivity contribution in [3.63, 3.8) is 0 Å². The van der Waals surface area contributed by atoms with Crippen molar-refractivity contribution >= 4 is 28.5 Å². The van der Waals surface area contributed by atoms with Crippen LogP contribution in [0.4, 0.5) is 0 Å². The van der Waals surface area contributed by atoms with Gasteiger partial charge in [0.1, 0.15) is 12.2 Å². The van der Waals surface area contributed by atoms with E-state index in [1.165, 1.54) is 35.6 Å². The molecule has 0 radical (unpaired) electrons. The molecule has 1 fully saturated rings. The van der Waals surface area contributed by atoms with Crippen molar-refractivity contribution < 1.29 is 9.53 Å². The summed E-state index contributed by atoms with van der Waals surface area (Å²) in [7, 11) is 0. The maximum atomic E-state index is 12.1. The van der Waals surface area contributed by atoms with E-state index in [4.69, 9.17) is 4.74 Å². The number of fused-ring (bicyclic) bond motifs is 1. The first kappa shape index (κ1) is 20.0. The Hall–Kier alpha value is -2.34. The van der Waals surface area contributed by atoms with Crippen molar-refractivity contribution in [1.82, 2.24) is 14.8 Å². The van der Waals surface area contributed by atoms with Gasteiger partial charge < -0.3 is 9.30 Å². The van der Waals surface area contributed by atoms with Gasteiger partial charge >= 0.3 is 5.97 Å². The van der Waals surface area contributed by atoms with Crippen LogP contribution in [0.3, 0.4) is 0 Å². The fourth-order valence-corrected chi connectivity index (χ4v) is 5.16. The summed E-state index contributed by atoms with van der Waals surface area (Å²) in [5.41, 5.74) is 1.29. The Labute approximate surface area is 175 Å². The number of carbonyl (C=O) groups is 1. The second kappa shape index (κ2) is 9.44. The van der Waals surface area contributed by atoms with Crippen molar-refractivity contribution in [1.29, 1.82) is 0 Å². The molecule has 6 heteroatoms. The van der Waals surface area contributed by atoms with Crippen LogP contribution in [0.2, 0.25) is 0 Å².